The van der Waals surface area contributed by atoms with Crippen molar-refractivity contribution in [2.24, 2.45) is 4.99 Å². The van der Waals surface area contributed by atoms with Gasteiger partial charge in [-0.3, -0.25) is 0 Å². The number of amides is 1. The number of aryl methyl sites for hydroxylation is 1. The smallest absolute Gasteiger partial charge is 0.407 e. The lowest BCUT2D eigenvalue weighted by Crippen LogP contribution is -2.44. The van der Waals surface area contributed by atoms with E-state index in [4.69, 9.17) is 9.26 Å². The van der Waals surface area contributed by atoms with Crippen LogP contribution in [0.1, 0.15) is 52.5 Å². The first kappa shape index (κ1) is 20.1. The van der Waals surface area contributed by atoms with E-state index >= 15 is 0 Å². The number of ether oxygens (including phenoxy) is 1. The Morgan fingerprint density at radius 1 is 1.46 bits per heavy atom. The van der Waals surface area contributed by atoms with Crippen molar-refractivity contribution >= 4 is 12.1 Å². The van der Waals surface area contributed by atoms with Crippen LogP contribution in [0.3, 0.4) is 0 Å². The van der Waals surface area contributed by atoms with Gasteiger partial charge in [0, 0.05) is 25.7 Å². The second kappa shape index (κ2) is 8.91. The number of likely N-dealkylation sites (tertiary alicyclic amines) is 1. The van der Waals surface area contributed by atoms with Crippen molar-refractivity contribution in [3.63, 3.8) is 0 Å². The van der Waals surface area contributed by atoms with E-state index in [-0.39, 0.29) is 12.1 Å². The highest BCUT2D eigenvalue weighted by Crippen LogP contribution is 2.13. The molecule has 1 aliphatic rings. The summed E-state index contributed by atoms with van der Waals surface area (Å²) in [6.45, 7) is 12.4. The van der Waals surface area contributed by atoms with Crippen LogP contribution in [0.15, 0.2) is 15.6 Å². The molecule has 1 fully saturated rings. The molecular weight excluding hydrogens is 334 g/mol. The van der Waals surface area contributed by atoms with Crippen molar-refractivity contribution in [1.82, 2.24) is 20.7 Å². The highest BCUT2D eigenvalue weighted by Gasteiger charge is 2.27. The van der Waals surface area contributed by atoms with Crippen LogP contribution in [0.2, 0.25) is 0 Å². The number of alkyl carbamates (subject to hydrolysis) is 1. The molecule has 2 rings (SSSR count). The molecule has 26 heavy (non-hydrogen) atoms. The van der Waals surface area contributed by atoms with E-state index in [0.717, 1.165) is 43.3 Å². The number of nitrogens with one attached hydrogen (secondary N) is 2. The average Bonchev–Trinajstić information content (AvgIpc) is 3.18. The third-order valence-corrected chi connectivity index (χ3v) is 3.90. The minimum absolute atomic E-state index is 0.0469. The number of aliphatic imine (C=N–C) groups is 1. The maximum atomic E-state index is 11.9. The van der Waals surface area contributed by atoms with E-state index < -0.39 is 5.60 Å². The molecule has 8 nitrogen and oxygen atoms in total. The number of rotatable bonds is 5. The van der Waals surface area contributed by atoms with Crippen LogP contribution < -0.4 is 10.6 Å². The van der Waals surface area contributed by atoms with Gasteiger partial charge in [-0.25, -0.2) is 9.79 Å². The summed E-state index contributed by atoms with van der Waals surface area (Å²) in [5, 5.41) is 10.2. The highest BCUT2D eigenvalue weighted by atomic mass is 16.6. The van der Waals surface area contributed by atoms with Gasteiger partial charge in [0.15, 0.2) is 11.7 Å². The number of guanidine groups is 1. The maximum absolute atomic E-state index is 11.9. The Morgan fingerprint density at radius 3 is 2.85 bits per heavy atom. The summed E-state index contributed by atoms with van der Waals surface area (Å²) in [6.07, 6.45) is 1.32. The molecule has 146 valence electrons. The Bertz CT molecular complexity index is 621. The molecule has 1 unspecified atom stereocenters. The summed E-state index contributed by atoms with van der Waals surface area (Å²) in [7, 11) is 0. The lowest BCUT2D eigenvalue weighted by molar-refractivity contribution is 0.0507. The first-order valence-corrected chi connectivity index (χ1v) is 9.28. The Balaban J connectivity index is 1.91. The second-order valence-electron chi connectivity index (χ2n) is 7.39. The molecule has 1 aliphatic heterocycles. The van der Waals surface area contributed by atoms with Crippen molar-refractivity contribution < 1.29 is 14.1 Å². The van der Waals surface area contributed by atoms with Crippen molar-refractivity contribution in [3.8, 4) is 0 Å². The number of hydrogen-bond donors (Lipinski definition) is 2. The zero-order valence-corrected chi connectivity index (χ0v) is 16.5. The summed E-state index contributed by atoms with van der Waals surface area (Å²) >= 11 is 0. The molecule has 0 aromatic carbocycles. The number of hydrogen-bond acceptors (Lipinski definition) is 5. The zero-order valence-electron chi connectivity index (χ0n) is 16.5. The minimum Gasteiger partial charge on any atom is -0.444 e. The van der Waals surface area contributed by atoms with E-state index in [1.807, 2.05) is 40.7 Å². The third kappa shape index (κ3) is 6.24. The van der Waals surface area contributed by atoms with Crippen LogP contribution in [0.5, 0.6) is 0 Å². The third-order valence-electron chi connectivity index (χ3n) is 3.90. The minimum atomic E-state index is -0.493. The Hall–Kier alpha value is -2.25. The summed E-state index contributed by atoms with van der Waals surface area (Å²) in [5.41, 5.74) is 0.440. The maximum Gasteiger partial charge on any atom is 0.407 e. The Kier molecular flexibility index (Phi) is 6.88. The predicted octanol–water partition coefficient (Wildman–Crippen LogP) is 2.30. The summed E-state index contributed by atoms with van der Waals surface area (Å²) < 4.78 is 10.6. The van der Waals surface area contributed by atoms with Gasteiger partial charge in [0.1, 0.15) is 12.1 Å². The van der Waals surface area contributed by atoms with Crippen molar-refractivity contribution in [3.05, 3.63) is 17.5 Å². The quantitative estimate of drug-likeness (QED) is 0.614. The largest absolute Gasteiger partial charge is 0.444 e. The molecule has 0 bridgehead atoms. The molecular formula is C18H31N5O3. The summed E-state index contributed by atoms with van der Waals surface area (Å²) in [5.74, 6) is 1.57. The van der Waals surface area contributed by atoms with Gasteiger partial charge in [-0.05, 0) is 40.5 Å². The molecule has 2 heterocycles. The van der Waals surface area contributed by atoms with E-state index in [0.29, 0.717) is 13.1 Å². The first-order valence-electron chi connectivity index (χ1n) is 9.28. The lowest BCUT2D eigenvalue weighted by Gasteiger charge is -2.23. The van der Waals surface area contributed by atoms with Crippen LogP contribution in [-0.4, -0.2) is 53.4 Å². The lowest BCUT2D eigenvalue weighted by atomic mass is 10.2. The van der Waals surface area contributed by atoms with E-state index in [1.165, 1.54) is 0 Å². The van der Waals surface area contributed by atoms with Crippen LogP contribution in [0.25, 0.3) is 0 Å². The Morgan fingerprint density at radius 2 is 2.23 bits per heavy atom. The van der Waals surface area contributed by atoms with Crippen molar-refractivity contribution in [2.75, 3.05) is 19.6 Å². The topological polar surface area (TPSA) is 92.0 Å². The van der Waals surface area contributed by atoms with Crippen LogP contribution in [-0.2, 0) is 17.7 Å². The van der Waals surface area contributed by atoms with Gasteiger partial charge < -0.3 is 24.8 Å². The molecule has 1 amide bonds. The SMILES string of the molecule is CCNC(=NCc1cc(CC)no1)N1CCC(NC(=O)OC(C)(C)C)C1. The molecule has 1 aromatic rings. The number of carbonyl (C=O) groups is 1. The van der Waals surface area contributed by atoms with Gasteiger partial charge in [0.25, 0.3) is 0 Å². The monoisotopic (exact) mass is 365 g/mol. The fourth-order valence-corrected chi connectivity index (χ4v) is 2.72. The molecule has 2 N–H and O–H groups in total. The van der Waals surface area contributed by atoms with Crippen LogP contribution in [0, 0.1) is 0 Å². The van der Waals surface area contributed by atoms with Crippen molar-refractivity contribution in [2.45, 2.75) is 65.6 Å². The highest BCUT2D eigenvalue weighted by molar-refractivity contribution is 5.80. The van der Waals surface area contributed by atoms with Gasteiger partial charge in [-0.15, -0.1) is 0 Å². The molecule has 0 spiro atoms. The molecule has 0 saturated carbocycles. The zero-order chi connectivity index (χ0) is 19.2. The summed E-state index contributed by atoms with van der Waals surface area (Å²) in [6, 6.07) is 1.98. The first-order chi connectivity index (χ1) is 12.3. The normalized spacial score (nSPS) is 18.1. The van der Waals surface area contributed by atoms with Crippen molar-refractivity contribution in [1.29, 1.82) is 0 Å². The molecule has 1 atom stereocenters. The fourth-order valence-electron chi connectivity index (χ4n) is 2.72. The van der Waals surface area contributed by atoms with E-state index in [1.54, 1.807) is 0 Å². The molecule has 1 saturated heterocycles. The number of carbonyl (C=O) groups excluding carboxylic acids is 1. The molecule has 0 radical (unpaired) electrons. The molecule has 0 aliphatic carbocycles. The van der Waals surface area contributed by atoms with Crippen LogP contribution >= 0.6 is 0 Å². The number of nitrogens with zero attached hydrogens (tertiary/aromatic N) is 3. The summed E-state index contributed by atoms with van der Waals surface area (Å²) in [4.78, 5) is 18.7. The van der Waals surface area contributed by atoms with Crippen LogP contribution in [0.4, 0.5) is 4.79 Å². The molecule has 8 heteroatoms. The van der Waals surface area contributed by atoms with E-state index in [9.17, 15) is 4.79 Å². The predicted molar refractivity (Wildman–Crippen MR) is 100 cm³/mol. The van der Waals surface area contributed by atoms with Gasteiger partial charge >= 0.3 is 6.09 Å². The Labute approximate surface area is 155 Å². The fraction of sp³-hybridized carbons (Fsp3) is 0.722. The van der Waals surface area contributed by atoms with Gasteiger partial charge in [-0.2, -0.15) is 0 Å². The average molecular weight is 365 g/mol. The standard InChI is InChI=1S/C18H31N5O3/c1-6-13-10-15(26-22-13)11-20-16(19-7-2)23-9-8-14(12-23)21-17(24)25-18(3,4)5/h10,14H,6-9,11-12H2,1-5H3,(H,19,20)(H,21,24). The molecule has 1 aromatic heterocycles. The van der Waals surface area contributed by atoms with Gasteiger partial charge in [0.2, 0.25) is 0 Å². The second-order valence-corrected chi connectivity index (χ2v) is 7.39. The van der Waals surface area contributed by atoms with Gasteiger partial charge in [0.05, 0.1) is 11.7 Å². The van der Waals surface area contributed by atoms with Gasteiger partial charge in [-0.1, -0.05) is 12.1 Å². The van der Waals surface area contributed by atoms with E-state index in [2.05, 4.69) is 25.7 Å². The number of aromatic nitrogens is 1.